The number of benzene rings is 1. The van der Waals surface area contributed by atoms with E-state index in [1.165, 1.54) is 18.4 Å². The summed E-state index contributed by atoms with van der Waals surface area (Å²) in [4.78, 5) is 12.0. The number of nitrogens with one attached hydrogen (secondary N) is 2. The standard InChI is InChI=1S/C16H24N2O/c1-12-6-5-7-14(10-12)11-16(19)18-13(2)15-8-3-4-9-17-15/h5-7,10,13,15,17H,3-4,8-9,11H2,1-2H3,(H,18,19). The fraction of sp³-hybridized carbons (Fsp3) is 0.562. The number of carbonyl (C=O) groups excluding carboxylic acids is 1. The zero-order valence-electron chi connectivity index (χ0n) is 11.9. The van der Waals surface area contributed by atoms with Crippen molar-refractivity contribution in [3.63, 3.8) is 0 Å². The highest BCUT2D eigenvalue weighted by Gasteiger charge is 2.20. The number of rotatable bonds is 4. The van der Waals surface area contributed by atoms with Crippen LogP contribution in [0.4, 0.5) is 0 Å². The summed E-state index contributed by atoms with van der Waals surface area (Å²) in [6.45, 7) is 5.22. The van der Waals surface area contributed by atoms with E-state index in [0.717, 1.165) is 18.5 Å². The monoisotopic (exact) mass is 260 g/mol. The van der Waals surface area contributed by atoms with Crippen molar-refractivity contribution in [2.24, 2.45) is 0 Å². The molecule has 0 bridgehead atoms. The van der Waals surface area contributed by atoms with Gasteiger partial charge in [0.15, 0.2) is 0 Å². The third-order valence-electron chi connectivity index (χ3n) is 3.79. The average molecular weight is 260 g/mol. The van der Waals surface area contributed by atoms with Gasteiger partial charge < -0.3 is 10.6 Å². The van der Waals surface area contributed by atoms with Crippen molar-refractivity contribution in [1.29, 1.82) is 0 Å². The second-order valence-corrected chi connectivity index (χ2v) is 5.58. The smallest absolute Gasteiger partial charge is 0.224 e. The van der Waals surface area contributed by atoms with Crippen LogP contribution in [0.1, 0.15) is 37.3 Å². The SMILES string of the molecule is Cc1cccc(CC(=O)NC(C)C2CCCCN2)c1. The van der Waals surface area contributed by atoms with Crippen molar-refractivity contribution in [3.8, 4) is 0 Å². The van der Waals surface area contributed by atoms with Crippen molar-refractivity contribution in [1.82, 2.24) is 10.6 Å². The van der Waals surface area contributed by atoms with E-state index in [9.17, 15) is 4.79 Å². The summed E-state index contributed by atoms with van der Waals surface area (Å²) in [5.41, 5.74) is 2.29. The van der Waals surface area contributed by atoms with Crippen LogP contribution in [0.25, 0.3) is 0 Å². The quantitative estimate of drug-likeness (QED) is 0.871. The maximum Gasteiger partial charge on any atom is 0.224 e. The van der Waals surface area contributed by atoms with Crippen LogP contribution in [0.2, 0.25) is 0 Å². The largest absolute Gasteiger partial charge is 0.352 e. The summed E-state index contributed by atoms with van der Waals surface area (Å²) < 4.78 is 0. The van der Waals surface area contributed by atoms with Gasteiger partial charge in [-0.2, -0.15) is 0 Å². The minimum atomic E-state index is 0.116. The maximum absolute atomic E-state index is 12.0. The average Bonchev–Trinajstić information content (AvgIpc) is 2.39. The van der Waals surface area contributed by atoms with Gasteiger partial charge in [0.05, 0.1) is 6.42 Å². The summed E-state index contributed by atoms with van der Waals surface area (Å²) in [5.74, 6) is 0.116. The number of aryl methyl sites for hydroxylation is 1. The Kier molecular flexibility index (Phi) is 4.97. The molecule has 2 atom stereocenters. The van der Waals surface area contributed by atoms with Crippen LogP contribution in [0.15, 0.2) is 24.3 Å². The van der Waals surface area contributed by atoms with Crippen molar-refractivity contribution < 1.29 is 4.79 Å². The fourth-order valence-electron chi connectivity index (χ4n) is 2.72. The Bertz CT molecular complexity index is 425. The van der Waals surface area contributed by atoms with Crippen molar-refractivity contribution in [3.05, 3.63) is 35.4 Å². The van der Waals surface area contributed by atoms with Crippen LogP contribution >= 0.6 is 0 Å². The molecule has 1 heterocycles. The van der Waals surface area contributed by atoms with Crippen molar-refractivity contribution in [2.45, 2.75) is 51.6 Å². The molecule has 2 unspecified atom stereocenters. The maximum atomic E-state index is 12.0. The third kappa shape index (κ3) is 4.35. The van der Waals surface area contributed by atoms with Gasteiger partial charge in [0, 0.05) is 12.1 Å². The first-order valence-corrected chi connectivity index (χ1v) is 7.23. The molecule has 2 rings (SSSR count). The molecule has 0 spiro atoms. The topological polar surface area (TPSA) is 41.1 Å². The molecule has 1 aromatic rings. The molecule has 0 aromatic heterocycles. The minimum Gasteiger partial charge on any atom is -0.352 e. The highest BCUT2D eigenvalue weighted by atomic mass is 16.1. The minimum absolute atomic E-state index is 0.116. The fourth-order valence-corrected chi connectivity index (χ4v) is 2.72. The molecule has 0 radical (unpaired) electrons. The van der Waals surface area contributed by atoms with Crippen LogP contribution in [0.5, 0.6) is 0 Å². The summed E-state index contributed by atoms with van der Waals surface area (Å²) in [6.07, 6.45) is 4.14. The van der Waals surface area contributed by atoms with E-state index in [1.54, 1.807) is 0 Å². The first-order valence-electron chi connectivity index (χ1n) is 7.23. The molecule has 19 heavy (non-hydrogen) atoms. The zero-order valence-corrected chi connectivity index (χ0v) is 11.9. The molecule has 1 aromatic carbocycles. The summed E-state index contributed by atoms with van der Waals surface area (Å²) in [5, 5.41) is 6.60. The van der Waals surface area contributed by atoms with Crippen LogP contribution in [-0.2, 0) is 11.2 Å². The van der Waals surface area contributed by atoms with Crippen molar-refractivity contribution >= 4 is 5.91 Å². The number of carbonyl (C=O) groups is 1. The number of hydrogen-bond donors (Lipinski definition) is 2. The second-order valence-electron chi connectivity index (χ2n) is 5.58. The zero-order chi connectivity index (χ0) is 13.7. The summed E-state index contributed by atoms with van der Waals surface area (Å²) >= 11 is 0. The second kappa shape index (κ2) is 6.71. The van der Waals surface area contributed by atoms with E-state index >= 15 is 0 Å². The molecule has 0 aliphatic carbocycles. The molecule has 1 amide bonds. The van der Waals surface area contributed by atoms with Crippen LogP contribution in [0, 0.1) is 6.92 Å². The Morgan fingerprint density at radius 1 is 1.47 bits per heavy atom. The molecule has 1 aliphatic rings. The van der Waals surface area contributed by atoms with Gasteiger partial charge >= 0.3 is 0 Å². The van der Waals surface area contributed by atoms with Gasteiger partial charge in [-0.25, -0.2) is 0 Å². The van der Waals surface area contributed by atoms with Crippen LogP contribution < -0.4 is 10.6 Å². The van der Waals surface area contributed by atoms with Gasteiger partial charge in [-0.15, -0.1) is 0 Å². The number of hydrogen-bond acceptors (Lipinski definition) is 2. The van der Waals surface area contributed by atoms with E-state index in [4.69, 9.17) is 0 Å². The van der Waals surface area contributed by atoms with E-state index in [-0.39, 0.29) is 11.9 Å². The Morgan fingerprint density at radius 3 is 3.00 bits per heavy atom. The van der Waals surface area contributed by atoms with Crippen LogP contribution in [0.3, 0.4) is 0 Å². The first kappa shape index (κ1) is 14.1. The normalized spacial score (nSPS) is 20.8. The third-order valence-corrected chi connectivity index (χ3v) is 3.79. The Morgan fingerprint density at radius 2 is 2.32 bits per heavy atom. The number of piperidine rings is 1. The molecular weight excluding hydrogens is 236 g/mol. The van der Waals surface area contributed by atoms with Gasteiger partial charge in [0.2, 0.25) is 5.91 Å². The molecular formula is C16H24N2O. The first-order chi connectivity index (χ1) is 9.15. The molecule has 2 N–H and O–H groups in total. The van der Waals surface area contributed by atoms with Crippen molar-refractivity contribution in [2.75, 3.05) is 6.54 Å². The lowest BCUT2D eigenvalue weighted by Gasteiger charge is -2.29. The Hall–Kier alpha value is -1.35. The number of amides is 1. The van der Waals surface area contributed by atoms with E-state index in [1.807, 2.05) is 12.1 Å². The molecule has 0 saturated carbocycles. The molecule has 1 aliphatic heterocycles. The molecule has 104 valence electrons. The highest BCUT2D eigenvalue weighted by molar-refractivity contribution is 5.78. The predicted octanol–water partition coefficient (Wildman–Crippen LogP) is 2.18. The van der Waals surface area contributed by atoms with Gasteiger partial charge in [-0.05, 0) is 38.8 Å². The summed E-state index contributed by atoms with van der Waals surface area (Å²) in [6, 6.07) is 8.77. The van der Waals surface area contributed by atoms with E-state index in [0.29, 0.717) is 12.5 Å². The van der Waals surface area contributed by atoms with Gasteiger partial charge in [-0.1, -0.05) is 36.2 Å². The highest BCUT2D eigenvalue weighted by Crippen LogP contribution is 2.11. The lowest BCUT2D eigenvalue weighted by Crippen LogP contribution is -2.50. The van der Waals surface area contributed by atoms with Crippen LogP contribution in [-0.4, -0.2) is 24.5 Å². The Labute approximate surface area is 115 Å². The molecule has 3 nitrogen and oxygen atoms in total. The van der Waals surface area contributed by atoms with Gasteiger partial charge in [0.1, 0.15) is 0 Å². The van der Waals surface area contributed by atoms with Gasteiger partial charge in [0.25, 0.3) is 0 Å². The van der Waals surface area contributed by atoms with E-state index in [2.05, 4.69) is 36.6 Å². The lowest BCUT2D eigenvalue weighted by atomic mass is 9.99. The van der Waals surface area contributed by atoms with E-state index < -0.39 is 0 Å². The molecule has 1 saturated heterocycles. The molecule has 3 heteroatoms. The lowest BCUT2D eigenvalue weighted by molar-refractivity contribution is -0.121. The Balaban J connectivity index is 1.83. The predicted molar refractivity (Wildman–Crippen MR) is 78.1 cm³/mol. The molecule has 1 fully saturated rings. The summed E-state index contributed by atoms with van der Waals surface area (Å²) in [7, 11) is 0. The van der Waals surface area contributed by atoms with Gasteiger partial charge in [-0.3, -0.25) is 4.79 Å².